The van der Waals surface area contributed by atoms with E-state index >= 15 is 0 Å². The van der Waals surface area contributed by atoms with Gasteiger partial charge in [-0.15, -0.1) is 0 Å². The fourth-order valence-electron chi connectivity index (χ4n) is 1.66. The smallest absolute Gasteiger partial charge is 0.162 e. The first-order chi connectivity index (χ1) is 9.28. The molecule has 0 aliphatic carbocycles. The molecule has 5 heteroatoms. The van der Waals surface area contributed by atoms with E-state index in [2.05, 4.69) is 17.4 Å². The normalized spacial score (nSPS) is 10.8. The van der Waals surface area contributed by atoms with E-state index in [0.29, 0.717) is 24.8 Å². The zero-order valence-corrected chi connectivity index (χ0v) is 11.6. The quantitative estimate of drug-likeness (QED) is 0.846. The predicted molar refractivity (Wildman–Crippen MR) is 73.8 cm³/mol. The minimum absolute atomic E-state index is 0.408. The summed E-state index contributed by atoms with van der Waals surface area (Å²) in [7, 11) is 0. The molecule has 0 unspecified atom stereocenters. The molecular formula is C14H17ClN2O2. The average molecular weight is 281 g/mol. The Kier molecular flexibility index (Phi) is 5.39. The Labute approximate surface area is 117 Å². The van der Waals surface area contributed by atoms with Crippen molar-refractivity contribution in [2.75, 3.05) is 6.54 Å². The lowest BCUT2D eigenvalue weighted by Crippen LogP contribution is -2.11. The molecule has 2 aromatic rings. The molecule has 0 saturated carbocycles. The van der Waals surface area contributed by atoms with Crippen LogP contribution in [0.2, 0.25) is 5.02 Å². The molecule has 0 bridgehead atoms. The van der Waals surface area contributed by atoms with Crippen LogP contribution in [0.3, 0.4) is 0 Å². The Morgan fingerprint density at radius 1 is 1.32 bits per heavy atom. The number of benzene rings is 1. The molecule has 1 aromatic heterocycles. The van der Waals surface area contributed by atoms with Crippen LogP contribution < -0.4 is 5.32 Å². The van der Waals surface area contributed by atoms with Gasteiger partial charge in [0.05, 0.1) is 12.3 Å². The van der Waals surface area contributed by atoms with Gasteiger partial charge in [-0.3, -0.25) is 0 Å². The molecule has 0 aliphatic rings. The van der Waals surface area contributed by atoms with Crippen molar-refractivity contribution in [1.82, 2.24) is 10.5 Å². The van der Waals surface area contributed by atoms with Gasteiger partial charge in [0.15, 0.2) is 5.76 Å². The van der Waals surface area contributed by atoms with E-state index in [9.17, 15) is 0 Å². The van der Waals surface area contributed by atoms with Crippen molar-refractivity contribution in [3.63, 3.8) is 0 Å². The van der Waals surface area contributed by atoms with E-state index in [0.717, 1.165) is 23.6 Å². The highest BCUT2D eigenvalue weighted by Crippen LogP contribution is 2.12. The maximum atomic E-state index is 5.90. The minimum Gasteiger partial charge on any atom is -0.369 e. The Morgan fingerprint density at radius 3 is 3.00 bits per heavy atom. The van der Waals surface area contributed by atoms with Crippen LogP contribution in [0.4, 0.5) is 0 Å². The highest BCUT2D eigenvalue weighted by molar-refractivity contribution is 6.30. The third kappa shape index (κ3) is 4.67. The van der Waals surface area contributed by atoms with Crippen LogP contribution in [0, 0.1) is 0 Å². The summed E-state index contributed by atoms with van der Waals surface area (Å²) < 4.78 is 10.7. The Hall–Kier alpha value is -1.36. The van der Waals surface area contributed by atoms with Crippen molar-refractivity contribution >= 4 is 11.6 Å². The average Bonchev–Trinajstić information content (AvgIpc) is 2.84. The van der Waals surface area contributed by atoms with Crippen molar-refractivity contribution in [1.29, 1.82) is 0 Å². The molecule has 1 N–H and O–H groups in total. The number of hydrogen-bond acceptors (Lipinski definition) is 4. The molecule has 1 heterocycles. The zero-order valence-electron chi connectivity index (χ0n) is 10.9. The molecule has 0 aliphatic heterocycles. The third-order valence-corrected chi connectivity index (χ3v) is 2.80. The lowest BCUT2D eigenvalue weighted by molar-refractivity contribution is 0.0883. The van der Waals surface area contributed by atoms with Gasteiger partial charge >= 0.3 is 0 Å². The molecule has 0 spiro atoms. The maximum Gasteiger partial charge on any atom is 0.162 e. The lowest BCUT2D eigenvalue weighted by atomic mass is 10.2. The second-order valence-electron chi connectivity index (χ2n) is 4.19. The first-order valence-corrected chi connectivity index (χ1v) is 6.63. The standard InChI is InChI=1S/C14H17ClN2O2/c1-2-16-8-13-7-14(19-17-13)10-18-9-11-4-3-5-12(15)6-11/h3-7,16H,2,8-10H2,1H3. The van der Waals surface area contributed by atoms with E-state index < -0.39 is 0 Å². The van der Waals surface area contributed by atoms with Crippen LogP contribution in [0.5, 0.6) is 0 Å². The summed E-state index contributed by atoms with van der Waals surface area (Å²) in [4.78, 5) is 0. The maximum absolute atomic E-state index is 5.90. The topological polar surface area (TPSA) is 47.3 Å². The monoisotopic (exact) mass is 280 g/mol. The van der Waals surface area contributed by atoms with E-state index in [-0.39, 0.29) is 0 Å². The van der Waals surface area contributed by atoms with Gasteiger partial charge in [0.2, 0.25) is 0 Å². The molecule has 2 rings (SSSR count). The lowest BCUT2D eigenvalue weighted by Gasteiger charge is -2.02. The minimum atomic E-state index is 0.408. The molecule has 19 heavy (non-hydrogen) atoms. The first-order valence-electron chi connectivity index (χ1n) is 6.25. The van der Waals surface area contributed by atoms with E-state index in [1.165, 1.54) is 0 Å². The summed E-state index contributed by atoms with van der Waals surface area (Å²) in [5.74, 6) is 0.731. The summed E-state index contributed by atoms with van der Waals surface area (Å²) in [6.07, 6.45) is 0. The number of halogens is 1. The van der Waals surface area contributed by atoms with Crippen molar-refractivity contribution in [2.24, 2.45) is 0 Å². The molecule has 1 aromatic carbocycles. The first kappa shape index (κ1) is 14.1. The molecular weight excluding hydrogens is 264 g/mol. The number of aromatic nitrogens is 1. The molecule has 0 atom stereocenters. The summed E-state index contributed by atoms with van der Waals surface area (Å²) in [6, 6.07) is 9.51. The number of nitrogens with zero attached hydrogens (tertiary/aromatic N) is 1. The highest BCUT2D eigenvalue weighted by Gasteiger charge is 2.04. The van der Waals surface area contributed by atoms with E-state index in [1.54, 1.807) is 0 Å². The molecule has 0 amide bonds. The molecule has 4 nitrogen and oxygen atoms in total. The van der Waals surface area contributed by atoms with Crippen LogP contribution in [-0.2, 0) is 24.5 Å². The van der Waals surface area contributed by atoms with Crippen molar-refractivity contribution < 1.29 is 9.26 Å². The fraction of sp³-hybridized carbons (Fsp3) is 0.357. The van der Waals surface area contributed by atoms with Gasteiger partial charge in [0, 0.05) is 17.6 Å². The Bertz CT molecular complexity index is 514. The second-order valence-corrected chi connectivity index (χ2v) is 4.62. The van der Waals surface area contributed by atoms with Gasteiger partial charge in [0.1, 0.15) is 6.61 Å². The zero-order chi connectivity index (χ0) is 13.5. The van der Waals surface area contributed by atoms with Crippen molar-refractivity contribution in [3.05, 3.63) is 52.4 Å². The van der Waals surface area contributed by atoms with Gasteiger partial charge in [-0.05, 0) is 24.2 Å². The number of ether oxygens (including phenoxy) is 1. The van der Waals surface area contributed by atoms with Crippen molar-refractivity contribution in [3.8, 4) is 0 Å². The SMILES string of the molecule is CCNCc1cc(COCc2cccc(Cl)c2)on1. The Morgan fingerprint density at radius 2 is 2.21 bits per heavy atom. The van der Waals surface area contributed by atoms with Crippen LogP contribution in [0.1, 0.15) is 23.9 Å². The second kappa shape index (κ2) is 7.28. The molecule has 102 valence electrons. The number of hydrogen-bond donors (Lipinski definition) is 1. The number of nitrogens with one attached hydrogen (secondary N) is 1. The van der Waals surface area contributed by atoms with Crippen LogP contribution in [-0.4, -0.2) is 11.7 Å². The highest BCUT2D eigenvalue weighted by atomic mass is 35.5. The largest absolute Gasteiger partial charge is 0.369 e. The summed E-state index contributed by atoms with van der Waals surface area (Å²) >= 11 is 5.90. The Balaban J connectivity index is 1.77. The van der Waals surface area contributed by atoms with E-state index in [4.69, 9.17) is 20.9 Å². The van der Waals surface area contributed by atoms with Crippen molar-refractivity contribution in [2.45, 2.75) is 26.7 Å². The molecule has 0 radical (unpaired) electrons. The van der Waals surface area contributed by atoms with Crippen LogP contribution in [0.15, 0.2) is 34.9 Å². The van der Waals surface area contributed by atoms with Gasteiger partial charge in [-0.2, -0.15) is 0 Å². The number of rotatable bonds is 7. The summed E-state index contributed by atoms with van der Waals surface area (Å²) in [5.41, 5.74) is 1.93. The van der Waals surface area contributed by atoms with E-state index in [1.807, 2.05) is 30.3 Å². The van der Waals surface area contributed by atoms with Crippen LogP contribution >= 0.6 is 11.6 Å². The summed E-state index contributed by atoms with van der Waals surface area (Å²) in [5, 5.41) is 7.86. The van der Waals surface area contributed by atoms with Gasteiger partial charge in [0.25, 0.3) is 0 Å². The molecule has 0 saturated heterocycles. The summed E-state index contributed by atoms with van der Waals surface area (Å²) in [6.45, 7) is 4.59. The van der Waals surface area contributed by atoms with Crippen LogP contribution in [0.25, 0.3) is 0 Å². The third-order valence-electron chi connectivity index (χ3n) is 2.57. The fourth-order valence-corrected chi connectivity index (χ4v) is 1.87. The molecule has 0 fully saturated rings. The predicted octanol–water partition coefficient (Wildman–Crippen LogP) is 3.15. The van der Waals surface area contributed by atoms with Gasteiger partial charge in [-0.1, -0.05) is 35.8 Å². The van der Waals surface area contributed by atoms with Gasteiger partial charge in [-0.25, -0.2) is 0 Å². The van der Waals surface area contributed by atoms with Gasteiger partial charge < -0.3 is 14.6 Å².